The Kier molecular flexibility index (Phi) is 7.59. The topological polar surface area (TPSA) is 112 Å². The molecule has 0 saturated heterocycles. The van der Waals surface area contributed by atoms with Crippen molar-refractivity contribution in [3.05, 3.63) is 46.2 Å². The number of esters is 1. The van der Waals surface area contributed by atoms with Crippen molar-refractivity contribution in [2.45, 2.75) is 37.7 Å². The van der Waals surface area contributed by atoms with Gasteiger partial charge in [0.1, 0.15) is 0 Å². The van der Waals surface area contributed by atoms with Crippen LogP contribution in [0.25, 0.3) is 0 Å². The first-order valence-electron chi connectivity index (χ1n) is 8.27. The Morgan fingerprint density at radius 1 is 1.08 bits per heavy atom. The second-order valence-electron chi connectivity index (χ2n) is 5.88. The van der Waals surface area contributed by atoms with Gasteiger partial charge in [0.05, 0.1) is 5.56 Å². The van der Waals surface area contributed by atoms with E-state index >= 15 is 0 Å². The van der Waals surface area contributed by atoms with E-state index in [-0.39, 0.29) is 12.3 Å². The largest absolute Gasteiger partial charge is 0.440 e. The number of hydrogen-bond donors (Lipinski definition) is 2. The molecule has 1 heterocycles. The molecule has 0 aliphatic carbocycles. The molecule has 140 valence electrons. The molecule has 1 aromatic carbocycles. The summed E-state index contributed by atoms with van der Waals surface area (Å²) in [4.78, 5) is 36.4. The van der Waals surface area contributed by atoms with Crippen LogP contribution in [0, 0.1) is 0 Å². The van der Waals surface area contributed by atoms with Gasteiger partial charge in [-0.05, 0) is 30.4 Å². The molecule has 0 bridgehead atoms. The lowest BCUT2D eigenvalue weighted by Gasteiger charge is -2.31. The second-order valence-corrected chi connectivity index (χ2v) is 8.13. The van der Waals surface area contributed by atoms with Crippen molar-refractivity contribution < 1.29 is 19.1 Å². The Bertz CT molecular complexity index is 694. The summed E-state index contributed by atoms with van der Waals surface area (Å²) in [6, 6.07) is 8.51. The Morgan fingerprint density at radius 3 is 2.38 bits per heavy atom. The minimum absolute atomic E-state index is 0.277. The molecule has 6 nitrogen and oxygen atoms in total. The Balaban J connectivity index is 2.15. The normalized spacial score (nSPS) is 15.8. The van der Waals surface area contributed by atoms with Gasteiger partial charge < -0.3 is 16.2 Å². The van der Waals surface area contributed by atoms with Crippen LogP contribution >= 0.6 is 23.5 Å². The van der Waals surface area contributed by atoms with Crippen LogP contribution in [0.15, 0.2) is 40.6 Å². The number of primary amides is 2. The molecule has 1 aromatic rings. The average Bonchev–Trinajstić information content (AvgIpc) is 3.15. The zero-order valence-corrected chi connectivity index (χ0v) is 15.9. The molecule has 0 radical (unpaired) electrons. The number of carbonyl (C=O) groups excluding carboxylic acids is 3. The highest BCUT2D eigenvalue weighted by Gasteiger charge is 2.45. The summed E-state index contributed by atoms with van der Waals surface area (Å²) < 4.78 is 5.69. The molecule has 4 N–H and O–H groups in total. The summed E-state index contributed by atoms with van der Waals surface area (Å²) in [6.45, 7) is 0. The first-order chi connectivity index (χ1) is 12.5. The van der Waals surface area contributed by atoms with Gasteiger partial charge in [-0.2, -0.15) is 0 Å². The number of ether oxygens (including phenoxy) is 1. The predicted octanol–water partition coefficient (Wildman–Crippen LogP) is 2.78. The van der Waals surface area contributed by atoms with Gasteiger partial charge in [-0.15, -0.1) is 23.5 Å². The summed E-state index contributed by atoms with van der Waals surface area (Å²) in [7, 11) is 0. The van der Waals surface area contributed by atoms with Crippen molar-refractivity contribution in [2.75, 3.05) is 5.08 Å². The highest BCUT2D eigenvalue weighted by atomic mass is 32.2. The van der Waals surface area contributed by atoms with Crippen LogP contribution in [0.1, 0.15) is 42.5 Å². The molecule has 2 rings (SSSR count). The smallest absolute Gasteiger partial charge is 0.339 e. The molecule has 0 saturated carbocycles. The van der Waals surface area contributed by atoms with Crippen LogP contribution in [-0.2, 0) is 14.3 Å². The van der Waals surface area contributed by atoms with E-state index in [1.807, 2.05) is 5.41 Å². The monoisotopic (exact) mass is 394 g/mol. The van der Waals surface area contributed by atoms with Crippen molar-refractivity contribution in [1.82, 2.24) is 0 Å². The zero-order valence-electron chi connectivity index (χ0n) is 14.3. The molecule has 0 fully saturated rings. The van der Waals surface area contributed by atoms with Crippen LogP contribution < -0.4 is 11.5 Å². The summed E-state index contributed by atoms with van der Waals surface area (Å²) >= 11 is 2.99. The van der Waals surface area contributed by atoms with E-state index < -0.39 is 17.5 Å². The van der Waals surface area contributed by atoms with Crippen LogP contribution in [0.2, 0.25) is 0 Å². The number of carbonyl (C=O) groups is 3. The van der Waals surface area contributed by atoms with Crippen molar-refractivity contribution >= 4 is 41.3 Å². The van der Waals surface area contributed by atoms with E-state index in [0.717, 1.165) is 5.08 Å². The molecule has 26 heavy (non-hydrogen) atoms. The van der Waals surface area contributed by atoms with Gasteiger partial charge in [0, 0.05) is 22.8 Å². The molecule has 1 aliphatic heterocycles. The Labute approximate surface area is 161 Å². The van der Waals surface area contributed by atoms with Crippen LogP contribution in [-0.4, -0.2) is 28.5 Å². The van der Waals surface area contributed by atoms with Crippen LogP contribution in [0.5, 0.6) is 0 Å². The molecule has 8 heteroatoms. The van der Waals surface area contributed by atoms with Crippen LogP contribution in [0.3, 0.4) is 0 Å². The van der Waals surface area contributed by atoms with E-state index in [0.29, 0.717) is 36.2 Å². The van der Waals surface area contributed by atoms with Crippen molar-refractivity contribution in [3.63, 3.8) is 0 Å². The highest BCUT2D eigenvalue weighted by molar-refractivity contribution is 8.22. The molecular weight excluding hydrogens is 372 g/mol. The fourth-order valence-electron chi connectivity index (χ4n) is 2.61. The van der Waals surface area contributed by atoms with E-state index in [2.05, 4.69) is 0 Å². The van der Waals surface area contributed by atoms with E-state index in [1.165, 1.54) is 23.5 Å². The third-order valence-corrected chi connectivity index (χ3v) is 6.32. The van der Waals surface area contributed by atoms with Crippen LogP contribution in [0.4, 0.5) is 0 Å². The lowest BCUT2D eigenvalue weighted by Crippen LogP contribution is -2.48. The number of nitrogens with two attached hydrogens (primary N) is 2. The maximum atomic E-state index is 12.6. The molecule has 0 aromatic heterocycles. The summed E-state index contributed by atoms with van der Waals surface area (Å²) in [5, 5.41) is 2.58. The van der Waals surface area contributed by atoms with Crippen molar-refractivity contribution in [2.24, 2.45) is 11.5 Å². The first kappa shape index (κ1) is 20.4. The maximum absolute atomic E-state index is 12.6. The Morgan fingerprint density at radius 2 is 1.81 bits per heavy atom. The van der Waals surface area contributed by atoms with Gasteiger partial charge in [0.25, 0.3) is 5.91 Å². The summed E-state index contributed by atoms with van der Waals surface area (Å²) in [6.07, 6.45) is 2.46. The number of rotatable bonds is 10. The molecule has 2 amide bonds. The van der Waals surface area contributed by atoms with Crippen molar-refractivity contribution in [1.29, 1.82) is 0 Å². The van der Waals surface area contributed by atoms with E-state index in [1.54, 1.807) is 30.3 Å². The molecule has 1 atom stereocenters. The van der Waals surface area contributed by atoms with Gasteiger partial charge in [0.15, 0.2) is 0 Å². The van der Waals surface area contributed by atoms with E-state index in [9.17, 15) is 14.4 Å². The maximum Gasteiger partial charge on any atom is 0.339 e. The lowest BCUT2D eigenvalue weighted by atomic mass is 9.94. The number of hydrogen-bond acceptors (Lipinski definition) is 6. The third-order valence-electron chi connectivity index (χ3n) is 4.00. The SMILES string of the molecule is NC(=O)CCCCCC(OC(=O)c1ccccc1)(C(N)=O)C1=CSCS1. The number of amides is 2. The summed E-state index contributed by atoms with van der Waals surface area (Å²) in [5.41, 5.74) is 9.71. The van der Waals surface area contributed by atoms with Gasteiger partial charge in [0.2, 0.25) is 11.5 Å². The fourth-order valence-corrected chi connectivity index (χ4v) is 4.96. The minimum Gasteiger partial charge on any atom is -0.440 e. The number of benzene rings is 1. The highest BCUT2D eigenvalue weighted by Crippen LogP contribution is 2.43. The zero-order chi connectivity index (χ0) is 19.0. The standard InChI is InChI=1S/C18H22N2O4S2/c19-15(21)9-5-2-6-10-18(17(20)23,14-11-25-12-26-14)24-16(22)13-7-3-1-4-8-13/h1,3-4,7-8,11H,2,5-6,9-10,12H2,(H2,19,21)(H2,20,23). The molecular formula is C18H22N2O4S2. The number of thioether (sulfide) groups is 2. The lowest BCUT2D eigenvalue weighted by molar-refractivity contribution is -0.133. The van der Waals surface area contributed by atoms with Crippen molar-refractivity contribution in [3.8, 4) is 0 Å². The summed E-state index contributed by atoms with van der Waals surface area (Å²) in [5.74, 6) is -1.62. The van der Waals surface area contributed by atoms with Gasteiger partial charge in [-0.3, -0.25) is 9.59 Å². The van der Waals surface area contributed by atoms with E-state index in [4.69, 9.17) is 16.2 Å². The van der Waals surface area contributed by atoms with Gasteiger partial charge in [-0.25, -0.2) is 4.79 Å². The third kappa shape index (κ3) is 5.28. The predicted molar refractivity (Wildman–Crippen MR) is 104 cm³/mol. The quantitative estimate of drug-likeness (QED) is 0.466. The Hall–Kier alpha value is -1.93. The van der Waals surface area contributed by atoms with Gasteiger partial charge in [-0.1, -0.05) is 24.6 Å². The molecule has 1 aliphatic rings. The molecule has 0 spiro atoms. The minimum atomic E-state index is -1.48. The fraction of sp³-hybridized carbons (Fsp3) is 0.389. The van der Waals surface area contributed by atoms with Gasteiger partial charge >= 0.3 is 5.97 Å². The average molecular weight is 395 g/mol. The second kappa shape index (κ2) is 9.68. The number of unbranched alkanes of at least 4 members (excludes halogenated alkanes) is 2. The molecule has 1 unspecified atom stereocenters. The first-order valence-corrected chi connectivity index (χ1v) is 10.3.